The first-order chi connectivity index (χ1) is 12.3. The molecule has 1 heterocycles. The number of amides is 1. The Hall–Kier alpha value is -1.95. The van der Waals surface area contributed by atoms with E-state index in [9.17, 15) is 14.0 Å². The first-order valence-electron chi connectivity index (χ1n) is 9.20. The van der Waals surface area contributed by atoms with Crippen LogP contribution in [0.25, 0.3) is 0 Å². The molecular weight excluding hydrogens is 335 g/mol. The Bertz CT molecular complexity index is 732. The molecule has 0 aromatic heterocycles. The number of hydrogen-bond donors (Lipinski definition) is 2. The fourth-order valence-corrected chi connectivity index (χ4v) is 4.37. The molecule has 1 saturated carbocycles. The minimum atomic E-state index is -1.10. The van der Waals surface area contributed by atoms with Crippen LogP contribution in [-0.2, 0) is 22.5 Å². The van der Waals surface area contributed by atoms with Crippen molar-refractivity contribution in [3.8, 4) is 0 Å². The number of esters is 1. The van der Waals surface area contributed by atoms with Gasteiger partial charge in [-0.3, -0.25) is 4.79 Å². The Morgan fingerprint density at radius 2 is 2.04 bits per heavy atom. The van der Waals surface area contributed by atoms with E-state index in [2.05, 4.69) is 24.5 Å². The number of rotatable bonds is 3. The number of methoxy groups -OCH3 is 1. The van der Waals surface area contributed by atoms with E-state index >= 15 is 0 Å². The second-order valence-corrected chi connectivity index (χ2v) is 8.21. The highest BCUT2D eigenvalue weighted by Gasteiger charge is 2.48. The minimum Gasteiger partial charge on any atom is -0.467 e. The van der Waals surface area contributed by atoms with Gasteiger partial charge in [0.25, 0.3) is 5.91 Å². The molecule has 0 bridgehead atoms. The van der Waals surface area contributed by atoms with Crippen LogP contribution in [0.5, 0.6) is 0 Å². The van der Waals surface area contributed by atoms with Gasteiger partial charge in [-0.25, -0.2) is 9.18 Å². The predicted molar refractivity (Wildman–Crippen MR) is 96.3 cm³/mol. The Kier molecular flexibility index (Phi) is 5.06. The van der Waals surface area contributed by atoms with Crippen LogP contribution >= 0.6 is 0 Å². The van der Waals surface area contributed by atoms with Gasteiger partial charge in [0.1, 0.15) is 11.4 Å². The average molecular weight is 362 g/mol. The quantitative estimate of drug-likeness (QED) is 0.812. The van der Waals surface area contributed by atoms with Crippen LogP contribution in [0.2, 0.25) is 0 Å². The van der Waals surface area contributed by atoms with E-state index in [-0.39, 0.29) is 11.0 Å². The zero-order valence-electron chi connectivity index (χ0n) is 15.7. The molecule has 142 valence electrons. The van der Waals surface area contributed by atoms with Gasteiger partial charge in [-0.15, -0.1) is 0 Å². The number of benzene rings is 1. The maximum Gasteiger partial charge on any atom is 0.331 e. The lowest BCUT2D eigenvalue weighted by Crippen LogP contribution is -2.58. The molecule has 1 fully saturated rings. The average Bonchev–Trinajstić information content (AvgIpc) is 2.60. The maximum absolute atomic E-state index is 14.9. The van der Waals surface area contributed by atoms with Crippen molar-refractivity contribution in [3.05, 3.63) is 34.6 Å². The summed E-state index contributed by atoms with van der Waals surface area (Å²) < 4.78 is 19.9. The Morgan fingerprint density at radius 3 is 2.73 bits per heavy atom. The predicted octanol–water partition coefficient (Wildman–Crippen LogP) is 2.71. The third-order valence-corrected chi connectivity index (χ3v) is 5.62. The van der Waals surface area contributed by atoms with Crippen LogP contribution in [0.1, 0.15) is 61.0 Å². The summed E-state index contributed by atoms with van der Waals surface area (Å²) in [5.41, 5.74) is 0.255. The Balaban J connectivity index is 1.90. The van der Waals surface area contributed by atoms with E-state index in [1.807, 2.05) is 6.07 Å². The Morgan fingerprint density at radius 1 is 1.27 bits per heavy atom. The molecule has 2 N–H and O–H groups in total. The van der Waals surface area contributed by atoms with E-state index in [0.717, 1.165) is 31.4 Å². The summed E-state index contributed by atoms with van der Waals surface area (Å²) in [4.78, 5) is 25.4. The summed E-state index contributed by atoms with van der Waals surface area (Å²) in [6.07, 6.45) is 3.50. The van der Waals surface area contributed by atoms with Crippen LogP contribution in [0, 0.1) is 11.2 Å². The fraction of sp³-hybridized carbons (Fsp3) is 0.600. The maximum atomic E-state index is 14.9. The van der Waals surface area contributed by atoms with Crippen LogP contribution in [0.3, 0.4) is 0 Å². The van der Waals surface area contributed by atoms with Gasteiger partial charge in [-0.05, 0) is 55.7 Å². The standard InChI is InChI=1S/C20H27FN2O3/c1-19(2)8-4-9-20(12-19,18(25)26-3)23-17(24)14-6-5-13-7-10-22-11-15(13)16(14)21/h5-6,22H,4,7-12H2,1-3H3,(H,23,24). The van der Waals surface area contributed by atoms with Crippen LogP contribution < -0.4 is 10.6 Å². The summed E-state index contributed by atoms with van der Waals surface area (Å²) in [6.45, 7) is 5.36. The molecule has 1 atom stereocenters. The van der Waals surface area contributed by atoms with Gasteiger partial charge < -0.3 is 15.4 Å². The smallest absolute Gasteiger partial charge is 0.331 e. The van der Waals surface area contributed by atoms with Crippen molar-refractivity contribution in [3.63, 3.8) is 0 Å². The topological polar surface area (TPSA) is 67.4 Å². The summed E-state index contributed by atoms with van der Waals surface area (Å²) >= 11 is 0. The number of nitrogens with one attached hydrogen (secondary N) is 2. The SMILES string of the molecule is COC(=O)C1(NC(=O)c2ccc3c(c2F)CNCC3)CCCC(C)(C)C1. The first kappa shape index (κ1) is 18.8. The second kappa shape index (κ2) is 6.99. The van der Waals surface area contributed by atoms with Crippen LogP contribution in [0.15, 0.2) is 12.1 Å². The van der Waals surface area contributed by atoms with Gasteiger partial charge in [0.2, 0.25) is 0 Å². The van der Waals surface area contributed by atoms with Gasteiger partial charge in [-0.1, -0.05) is 19.9 Å². The molecule has 0 saturated heterocycles. The second-order valence-electron chi connectivity index (χ2n) is 8.21. The zero-order valence-corrected chi connectivity index (χ0v) is 15.7. The van der Waals surface area contributed by atoms with E-state index in [1.165, 1.54) is 13.2 Å². The molecular formula is C20H27FN2O3. The van der Waals surface area contributed by atoms with E-state index in [0.29, 0.717) is 24.9 Å². The molecule has 6 heteroatoms. The highest BCUT2D eigenvalue weighted by atomic mass is 19.1. The monoisotopic (exact) mass is 362 g/mol. The number of fused-ring (bicyclic) bond motifs is 1. The lowest BCUT2D eigenvalue weighted by Gasteiger charge is -2.43. The number of carbonyl (C=O) groups is 2. The van der Waals surface area contributed by atoms with Crippen molar-refractivity contribution >= 4 is 11.9 Å². The van der Waals surface area contributed by atoms with Crippen LogP contribution in [-0.4, -0.2) is 31.1 Å². The normalized spacial score (nSPS) is 24.5. The third kappa shape index (κ3) is 3.47. The third-order valence-electron chi connectivity index (χ3n) is 5.62. The summed E-state index contributed by atoms with van der Waals surface area (Å²) in [7, 11) is 1.32. The summed E-state index contributed by atoms with van der Waals surface area (Å²) in [5.74, 6) is -1.51. The number of carbonyl (C=O) groups excluding carboxylic acids is 2. The van der Waals surface area contributed by atoms with Gasteiger partial charge in [0.15, 0.2) is 0 Å². The first-order valence-corrected chi connectivity index (χ1v) is 9.20. The molecule has 2 aliphatic rings. The molecule has 5 nitrogen and oxygen atoms in total. The number of ether oxygens (including phenoxy) is 1. The fourth-order valence-electron chi connectivity index (χ4n) is 4.37. The molecule has 3 rings (SSSR count). The van der Waals surface area contributed by atoms with Crippen LogP contribution in [0.4, 0.5) is 4.39 Å². The molecule has 1 aliphatic carbocycles. The summed E-state index contributed by atoms with van der Waals surface area (Å²) in [6, 6.07) is 3.33. The van der Waals surface area contributed by atoms with E-state index in [1.54, 1.807) is 0 Å². The van der Waals surface area contributed by atoms with Gasteiger partial charge >= 0.3 is 5.97 Å². The Labute approximate surface area is 153 Å². The van der Waals surface area contributed by atoms with Gasteiger partial charge in [0, 0.05) is 12.1 Å². The summed E-state index contributed by atoms with van der Waals surface area (Å²) in [5, 5.41) is 5.96. The molecule has 1 aromatic rings. The van der Waals surface area contributed by atoms with Crippen molar-refractivity contribution in [1.82, 2.24) is 10.6 Å². The molecule has 0 radical (unpaired) electrons. The minimum absolute atomic E-state index is 0.0147. The van der Waals surface area contributed by atoms with Gasteiger partial charge in [-0.2, -0.15) is 0 Å². The van der Waals surface area contributed by atoms with E-state index < -0.39 is 23.2 Å². The largest absolute Gasteiger partial charge is 0.467 e. The van der Waals surface area contributed by atoms with Crippen molar-refractivity contribution in [2.24, 2.45) is 5.41 Å². The molecule has 1 aromatic carbocycles. The molecule has 0 spiro atoms. The molecule has 1 amide bonds. The van der Waals surface area contributed by atoms with Crippen molar-refractivity contribution in [2.75, 3.05) is 13.7 Å². The molecule has 1 aliphatic heterocycles. The number of halogens is 1. The lowest BCUT2D eigenvalue weighted by molar-refractivity contribution is -0.151. The van der Waals surface area contributed by atoms with E-state index in [4.69, 9.17) is 4.74 Å². The molecule has 1 unspecified atom stereocenters. The van der Waals surface area contributed by atoms with Gasteiger partial charge in [0.05, 0.1) is 12.7 Å². The van der Waals surface area contributed by atoms with Crippen molar-refractivity contribution < 1.29 is 18.7 Å². The lowest BCUT2D eigenvalue weighted by atomic mass is 9.68. The highest BCUT2D eigenvalue weighted by molar-refractivity contribution is 5.98. The highest BCUT2D eigenvalue weighted by Crippen LogP contribution is 2.41. The zero-order chi connectivity index (χ0) is 18.9. The number of hydrogen-bond acceptors (Lipinski definition) is 4. The van der Waals surface area contributed by atoms with Crippen molar-refractivity contribution in [2.45, 2.75) is 58.0 Å². The van der Waals surface area contributed by atoms with Crippen molar-refractivity contribution in [1.29, 1.82) is 0 Å². The molecule has 26 heavy (non-hydrogen) atoms.